The number of nitrogens with one attached hydrogen (secondary N) is 1. The number of carbonyl (C=O) groups excluding carboxylic acids is 2. The third-order valence-corrected chi connectivity index (χ3v) is 7.83. The van der Waals surface area contributed by atoms with Crippen LogP contribution in [0.2, 0.25) is 10.0 Å². The van der Waals surface area contributed by atoms with E-state index >= 15 is 0 Å². The highest BCUT2D eigenvalue weighted by atomic mass is 35.5. The second kappa shape index (κ2) is 10.7. The number of ketones is 2. The van der Waals surface area contributed by atoms with E-state index < -0.39 is 29.3 Å². The lowest BCUT2D eigenvalue weighted by atomic mass is 9.68. The number of nitrogens with zero attached hydrogens (tertiary/aromatic N) is 4. The minimum absolute atomic E-state index is 0.00714. The van der Waals surface area contributed by atoms with Crippen molar-refractivity contribution in [3.05, 3.63) is 86.4 Å². The number of Topliss-reactive ketones (excluding diaryl/α,β-unsaturated/α-hetero) is 2. The zero-order chi connectivity index (χ0) is 28.6. The molecule has 0 radical (unpaired) electrons. The average molecular weight is 573 g/mol. The number of nitriles is 2. The normalized spacial score (nSPS) is 19.9. The smallest absolute Gasteiger partial charge is 0.173 e. The summed E-state index contributed by atoms with van der Waals surface area (Å²) in [5, 5.41) is 31.2. The number of rotatable bonds is 6. The van der Waals surface area contributed by atoms with Crippen molar-refractivity contribution >= 4 is 52.1 Å². The highest BCUT2D eigenvalue weighted by Gasteiger charge is 2.58. The van der Waals surface area contributed by atoms with Crippen LogP contribution >= 0.6 is 23.2 Å². The number of hydrogen-bond acceptors (Lipinski definition) is 9. The van der Waals surface area contributed by atoms with Crippen LogP contribution in [0.15, 0.2) is 48.5 Å². The van der Waals surface area contributed by atoms with Gasteiger partial charge in [-0.3, -0.25) is 9.59 Å². The topological polar surface area (TPSA) is 157 Å². The van der Waals surface area contributed by atoms with Crippen LogP contribution < -0.4 is 10.6 Å². The minimum Gasteiger partial charge on any atom is -0.383 e. The average Bonchev–Trinajstić information content (AvgIpc) is 3.22. The van der Waals surface area contributed by atoms with Gasteiger partial charge in [0.25, 0.3) is 0 Å². The molecule has 2 atom stereocenters. The summed E-state index contributed by atoms with van der Waals surface area (Å²) >= 11 is 12.0. The molecule has 0 amide bonds. The highest BCUT2D eigenvalue weighted by molar-refractivity contribution is 6.31. The Bertz CT molecular complexity index is 1620. The van der Waals surface area contributed by atoms with E-state index in [4.69, 9.17) is 39.1 Å². The fourth-order valence-electron chi connectivity index (χ4n) is 5.43. The molecule has 1 aliphatic carbocycles. The Labute approximate surface area is 240 Å². The summed E-state index contributed by atoms with van der Waals surface area (Å²) in [7, 11) is 0. The van der Waals surface area contributed by atoms with Crippen LogP contribution in [-0.2, 0) is 10.2 Å². The Morgan fingerprint density at radius 2 is 1.62 bits per heavy atom. The van der Waals surface area contributed by atoms with E-state index in [-0.39, 0.29) is 45.2 Å². The summed E-state index contributed by atoms with van der Waals surface area (Å²) in [6.07, 6.45) is -0.481. The van der Waals surface area contributed by atoms with Crippen LogP contribution in [0.25, 0.3) is 0 Å². The van der Waals surface area contributed by atoms with E-state index in [0.717, 1.165) is 0 Å². The monoisotopic (exact) mass is 572 g/mol. The maximum atomic E-state index is 14.0. The standard InChI is InChI=1S/C29H22Cl2N6O3/c30-18-5-1-16(2-6-18)21(38)13-29(15-33)23-20(14-32)28(37-9-11-40-12-10-37)36-27(35)22(23)25(34)24(29)26(39)17-3-7-19(31)8-4-17/h1-8,24,34H,9-13H2,(H2,35,36)/t24?,29-/m1/s1. The SMILES string of the molecule is N#Cc1c(N2CCOCC2)nc(N)c2c1[C@](C#N)(CC(=O)c1ccc(Cl)cc1)C(C(=O)c1ccc(Cl)cc1)C2=N. The van der Waals surface area contributed by atoms with Crippen LogP contribution in [-0.4, -0.2) is 48.6 Å². The van der Waals surface area contributed by atoms with Crippen LogP contribution in [0.1, 0.15) is 43.8 Å². The minimum atomic E-state index is -1.91. The lowest BCUT2D eigenvalue weighted by Crippen LogP contribution is -2.41. The molecule has 3 N–H and O–H groups in total. The molecule has 5 rings (SSSR count). The summed E-state index contributed by atoms with van der Waals surface area (Å²) in [5.74, 6) is -2.32. The Hall–Kier alpha value is -4.28. The van der Waals surface area contributed by atoms with Crippen molar-refractivity contribution in [2.24, 2.45) is 5.92 Å². The molecule has 9 nitrogen and oxygen atoms in total. The third-order valence-electron chi connectivity index (χ3n) is 7.32. The predicted molar refractivity (Wildman–Crippen MR) is 150 cm³/mol. The number of nitrogen functional groups attached to an aromatic ring is 1. The fraction of sp³-hybridized carbons (Fsp3) is 0.241. The van der Waals surface area contributed by atoms with E-state index in [0.29, 0.717) is 36.3 Å². The Morgan fingerprint density at radius 3 is 2.17 bits per heavy atom. The summed E-state index contributed by atoms with van der Waals surface area (Å²) in [6, 6.07) is 16.6. The first kappa shape index (κ1) is 27.3. The van der Waals surface area contributed by atoms with Gasteiger partial charge in [-0.05, 0) is 48.5 Å². The lowest BCUT2D eigenvalue weighted by molar-refractivity contribution is 0.0892. The molecule has 1 fully saturated rings. The molecule has 2 heterocycles. The number of ether oxygens (including phenoxy) is 1. The van der Waals surface area contributed by atoms with E-state index in [2.05, 4.69) is 17.1 Å². The van der Waals surface area contributed by atoms with Crippen LogP contribution in [0, 0.1) is 34.0 Å². The number of carbonyl (C=O) groups is 2. The first-order chi connectivity index (χ1) is 19.2. The quantitative estimate of drug-likeness (QED) is 0.406. The number of halogens is 2. The second-order valence-electron chi connectivity index (χ2n) is 9.56. The van der Waals surface area contributed by atoms with Gasteiger partial charge in [0.05, 0.1) is 30.9 Å². The van der Waals surface area contributed by atoms with Gasteiger partial charge in [-0.1, -0.05) is 23.2 Å². The van der Waals surface area contributed by atoms with E-state index in [1.54, 1.807) is 12.1 Å². The molecule has 200 valence electrons. The van der Waals surface area contributed by atoms with Gasteiger partial charge in [-0.2, -0.15) is 10.5 Å². The number of nitrogens with two attached hydrogens (primary N) is 1. The van der Waals surface area contributed by atoms with Crippen molar-refractivity contribution < 1.29 is 14.3 Å². The molecule has 0 saturated carbocycles. The molecular formula is C29H22Cl2N6O3. The van der Waals surface area contributed by atoms with Gasteiger partial charge in [0.15, 0.2) is 11.6 Å². The van der Waals surface area contributed by atoms with Gasteiger partial charge in [-0.25, -0.2) is 4.98 Å². The van der Waals surface area contributed by atoms with Crippen molar-refractivity contribution in [3.63, 3.8) is 0 Å². The number of pyridine rings is 1. The van der Waals surface area contributed by atoms with Crippen LogP contribution in [0.3, 0.4) is 0 Å². The second-order valence-corrected chi connectivity index (χ2v) is 10.4. The molecule has 40 heavy (non-hydrogen) atoms. The number of hydrogen-bond donors (Lipinski definition) is 2. The van der Waals surface area contributed by atoms with Crippen molar-refractivity contribution in [2.45, 2.75) is 11.8 Å². The molecule has 1 aromatic heterocycles. The summed E-state index contributed by atoms with van der Waals surface area (Å²) in [6.45, 7) is 1.65. The van der Waals surface area contributed by atoms with Gasteiger partial charge >= 0.3 is 0 Å². The number of anilines is 2. The van der Waals surface area contributed by atoms with E-state index in [9.17, 15) is 20.1 Å². The summed E-state index contributed by atoms with van der Waals surface area (Å²) in [4.78, 5) is 34.0. The largest absolute Gasteiger partial charge is 0.383 e. The molecule has 2 aliphatic rings. The molecule has 0 bridgehead atoms. The molecule has 3 aromatic rings. The maximum Gasteiger partial charge on any atom is 0.173 e. The van der Waals surface area contributed by atoms with E-state index in [1.165, 1.54) is 36.4 Å². The van der Waals surface area contributed by atoms with Gasteiger partial charge in [0, 0.05) is 51.8 Å². The van der Waals surface area contributed by atoms with E-state index in [1.807, 2.05) is 4.90 Å². The van der Waals surface area contributed by atoms with Crippen molar-refractivity contribution in [2.75, 3.05) is 36.9 Å². The van der Waals surface area contributed by atoms with Gasteiger partial charge in [0.2, 0.25) is 0 Å². The Kier molecular flexibility index (Phi) is 7.31. The Balaban J connectivity index is 1.75. The number of morpholine rings is 1. The molecule has 1 saturated heterocycles. The first-order valence-corrected chi connectivity index (χ1v) is 13.1. The third kappa shape index (κ3) is 4.48. The number of fused-ring (bicyclic) bond motifs is 1. The fourth-order valence-corrected chi connectivity index (χ4v) is 5.68. The van der Waals surface area contributed by atoms with Crippen molar-refractivity contribution in [1.29, 1.82) is 15.9 Å². The lowest BCUT2D eigenvalue weighted by Gasteiger charge is -2.32. The zero-order valence-corrected chi connectivity index (χ0v) is 22.6. The predicted octanol–water partition coefficient (Wildman–Crippen LogP) is 4.59. The molecule has 11 heteroatoms. The van der Waals surface area contributed by atoms with Crippen LogP contribution in [0.4, 0.5) is 11.6 Å². The van der Waals surface area contributed by atoms with Gasteiger partial charge < -0.3 is 20.8 Å². The molecule has 1 aliphatic heterocycles. The zero-order valence-electron chi connectivity index (χ0n) is 21.1. The maximum absolute atomic E-state index is 14.0. The number of benzene rings is 2. The molecule has 0 spiro atoms. The van der Waals surface area contributed by atoms with Crippen molar-refractivity contribution in [3.8, 4) is 12.1 Å². The summed E-state index contributed by atoms with van der Waals surface area (Å²) in [5.41, 5.74) is 4.79. The first-order valence-electron chi connectivity index (χ1n) is 12.4. The van der Waals surface area contributed by atoms with Gasteiger partial charge in [0.1, 0.15) is 28.7 Å². The molecule has 1 unspecified atom stereocenters. The molecular weight excluding hydrogens is 551 g/mol. The van der Waals surface area contributed by atoms with Crippen LogP contribution in [0.5, 0.6) is 0 Å². The number of aromatic nitrogens is 1. The Morgan fingerprint density at radius 1 is 1.05 bits per heavy atom. The summed E-state index contributed by atoms with van der Waals surface area (Å²) < 4.78 is 5.43. The highest BCUT2D eigenvalue weighted by Crippen LogP contribution is 2.51. The van der Waals surface area contributed by atoms with Crippen molar-refractivity contribution in [1.82, 2.24) is 4.98 Å². The molecule has 2 aromatic carbocycles. The van der Waals surface area contributed by atoms with Gasteiger partial charge in [-0.15, -0.1) is 0 Å².